The first-order chi connectivity index (χ1) is 13.1. The molecular formula is C21H21ClN2O3. The van der Waals surface area contributed by atoms with E-state index in [1.54, 1.807) is 22.8 Å². The predicted octanol–water partition coefficient (Wildman–Crippen LogP) is 4.04. The predicted molar refractivity (Wildman–Crippen MR) is 105 cm³/mol. The van der Waals surface area contributed by atoms with Crippen molar-refractivity contribution in [3.05, 3.63) is 69.7 Å². The fraction of sp³-hybridized carbons (Fsp3) is 0.333. The zero-order chi connectivity index (χ0) is 18.8. The van der Waals surface area contributed by atoms with Crippen LogP contribution in [0.3, 0.4) is 0 Å². The molecule has 27 heavy (non-hydrogen) atoms. The highest BCUT2D eigenvalue weighted by Gasteiger charge is 2.27. The molecule has 1 amide bonds. The summed E-state index contributed by atoms with van der Waals surface area (Å²) in [6.45, 7) is 1.25. The minimum absolute atomic E-state index is 0.0911. The maximum atomic E-state index is 12.7. The second kappa shape index (κ2) is 7.61. The number of piperidine rings is 1. The zero-order valence-corrected chi connectivity index (χ0v) is 15.7. The molecule has 0 N–H and O–H groups in total. The van der Waals surface area contributed by atoms with Crippen LogP contribution < -0.4 is 5.76 Å². The smallest absolute Gasteiger partial charge is 0.408 e. The van der Waals surface area contributed by atoms with E-state index in [1.165, 1.54) is 0 Å². The van der Waals surface area contributed by atoms with Crippen molar-refractivity contribution >= 4 is 28.6 Å². The van der Waals surface area contributed by atoms with Crippen LogP contribution in [0, 0.1) is 0 Å². The molecule has 0 bridgehead atoms. The Morgan fingerprint density at radius 2 is 2.00 bits per heavy atom. The highest BCUT2D eigenvalue weighted by atomic mass is 35.5. The van der Waals surface area contributed by atoms with Gasteiger partial charge in [-0.3, -0.25) is 9.36 Å². The quantitative estimate of drug-likeness (QED) is 0.682. The van der Waals surface area contributed by atoms with Gasteiger partial charge in [0.05, 0.1) is 11.6 Å². The van der Waals surface area contributed by atoms with Crippen molar-refractivity contribution in [3.8, 4) is 0 Å². The maximum absolute atomic E-state index is 12.7. The average Bonchev–Trinajstić information content (AvgIpc) is 3.02. The summed E-state index contributed by atoms with van der Waals surface area (Å²) in [5.74, 6) is -0.265. The fourth-order valence-corrected chi connectivity index (χ4v) is 3.96. The van der Waals surface area contributed by atoms with Crippen molar-refractivity contribution in [2.24, 2.45) is 0 Å². The Kier molecular flexibility index (Phi) is 5.03. The number of aromatic nitrogens is 1. The number of hydrogen-bond donors (Lipinski definition) is 0. The van der Waals surface area contributed by atoms with Gasteiger partial charge in [0, 0.05) is 24.5 Å². The minimum Gasteiger partial charge on any atom is -0.408 e. The van der Waals surface area contributed by atoms with Crippen LogP contribution in [0.4, 0.5) is 0 Å². The monoisotopic (exact) mass is 384 g/mol. The first-order valence-electron chi connectivity index (χ1n) is 9.24. The van der Waals surface area contributed by atoms with Crippen LogP contribution in [0.15, 0.2) is 57.7 Å². The average molecular weight is 385 g/mol. The summed E-state index contributed by atoms with van der Waals surface area (Å²) in [5, 5.41) is 0.559. The van der Waals surface area contributed by atoms with Gasteiger partial charge in [0.25, 0.3) is 0 Å². The number of amides is 1. The van der Waals surface area contributed by atoms with Gasteiger partial charge in [-0.05, 0) is 43.0 Å². The number of rotatable bonds is 4. The number of likely N-dealkylation sites (tertiary alicyclic amines) is 1. The van der Waals surface area contributed by atoms with Gasteiger partial charge in [-0.15, -0.1) is 0 Å². The van der Waals surface area contributed by atoms with E-state index in [1.807, 2.05) is 35.2 Å². The minimum atomic E-state index is -0.393. The number of carbonyl (C=O) groups is 1. The lowest BCUT2D eigenvalue weighted by Crippen LogP contribution is -2.42. The molecule has 1 fully saturated rings. The molecular weight excluding hydrogens is 364 g/mol. The maximum Gasteiger partial charge on any atom is 0.420 e. The third kappa shape index (κ3) is 3.78. The number of nitrogens with zero attached hydrogens (tertiary/aromatic N) is 2. The standard InChI is InChI=1S/C21H21ClN2O3/c22-16-9-10-19-18(13-16)24(21(26)27-19)17-7-4-12-23(14-17)20(25)11-8-15-5-2-1-3-6-15/h1-3,5-6,9-10,13,17H,4,7-8,11-12,14H2/t17-/m1/s1. The first kappa shape index (κ1) is 17.9. The second-order valence-electron chi connectivity index (χ2n) is 6.97. The Labute approximate surface area is 162 Å². The third-order valence-electron chi connectivity index (χ3n) is 5.16. The lowest BCUT2D eigenvalue weighted by atomic mass is 10.0. The van der Waals surface area contributed by atoms with Crippen LogP contribution in [0.1, 0.15) is 30.9 Å². The van der Waals surface area contributed by atoms with Crippen molar-refractivity contribution in [1.29, 1.82) is 0 Å². The summed E-state index contributed by atoms with van der Waals surface area (Å²) in [7, 11) is 0. The topological polar surface area (TPSA) is 55.5 Å². The molecule has 2 heterocycles. The van der Waals surface area contributed by atoms with Gasteiger partial charge < -0.3 is 9.32 Å². The highest BCUT2D eigenvalue weighted by molar-refractivity contribution is 6.31. The Bertz CT molecular complexity index is 1010. The highest BCUT2D eigenvalue weighted by Crippen LogP contribution is 2.27. The van der Waals surface area contributed by atoms with E-state index in [-0.39, 0.29) is 11.9 Å². The first-order valence-corrected chi connectivity index (χ1v) is 9.62. The molecule has 1 aliphatic heterocycles. The normalized spacial score (nSPS) is 17.4. The van der Waals surface area contributed by atoms with Crippen molar-refractivity contribution in [3.63, 3.8) is 0 Å². The Morgan fingerprint density at radius 1 is 1.19 bits per heavy atom. The van der Waals surface area contributed by atoms with Gasteiger partial charge in [0.1, 0.15) is 0 Å². The SMILES string of the molecule is O=C(CCc1ccccc1)N1CCC[C@@H](n2c(=O)oc3ccc(Cl)cc32)C1. The molecule has 3 aromatic rings. The molecule has 0 radical (unpaired) electrons. The fourth-order valence-electron chi connectivity index (χ4n) is 3.80. The number of halogens is 1. The Hall–Kier alpha value is -2.53. The van der Waals surface area contributed by atoms with Crippen molar-refractivity contribution in [2.75, 3.05) is 13.1 Å². The Morgan fingerprint density at radius 3 is 2.81 bits per heavy atom. The molecule has 0 aliphatic carbocycles. The summed E-state index contributed by atoms with van der Waals surface area (Å²) in [5.41, 5.74) is 2.37. The van der Waals surface area contributed by atoms with E-state index >= 15 is 0 Å². The van der Waals surface area contributed by atoms with Gasteiger partial charge in [-0.1, -0.05) is 41.9 Å². The summed E-state index contributed by atoms with van der Waals surface area (Å²) < 4.78 is 7.00. The van der Waals surface area contributed by atoms with Crippen LogP contribution in [-0.4, -0.2) is 28.5 Å². The number of carbonyl (C=O) groups excluding carboxylic acids is 1. The zero-order valence-electron chi connectivity index (χ0n) is 14.9. The number of oxazole rings is 1. The molecule has 0 spiro atoms. The molecule has 4 rings (SSSR count). The molecule has 1 aliphatic rings. The van der Waals surface area contributed by atoms with Gasteiger partial charge in [0.2, 0.25) is 5.91 Å². The molecule has 6 heteroatoms. The lowest BCUT2D eigenvalue weighted by molar-refractivity contribution is -0.132. The van der Waals surface area contributed by atoms with Crippen molar-refractivity contribution < 1.29 is 9.21 Å². The van der Waals surface area contributed by atoms with Crippen LogP contribution >= 0.6 is 11.6 Å². The largest absolute Gasteiger partial charge is 0.420 e. The third-order valence-corrected chi connectivity index (χ3v) is 5.39. The summed E-state index contributed by atoms with van der Waals surface area (Å²) >= 11 is 6.10. The summed E-state index contributed by atoms with van der Waals surface area (Å²) in [6.07, 6.45) is 2.90. The second-order valence-corrected chi connectivity index (χ2v) is 7.41. The van der Waals surface area contributed by atoms with Crippen molar-refractivity contribution in [1.82, 2.24) is 9.47 Å². The van der Waals surface area contributed by atoms with Gasteiger partial charge >= 0.3 is 5.76 Å². The van der Waals surface area contributed by atoms with E-state index in [2.05, 4.69) is 0 Å². The van der Waals surface area contributed by atoms with Gasteiger partial charge in [-0.2, -0.15) is 0 Å². The number of fused-ring (bicyclic) bond motifs is 1. The molecule has 140 valence electrons. The molecule has 1 atom stereocenters. The molecule has 1 aromatic heterocycles. The summed E-state index contributed by atoms with van der Waals surface area (Å²) in [4.78, 5) is 26.9. The lowest BCUT2D eigenvalue weighted by Gasteiger charge is -2.33. The molecule has 1 saturated heterocycles. The van der Waals surface area contributed by atoms with Crippen LogP contribution in [0.25, 0.3) is 11.1 Å². The molecule has 0 unspecified atom stereocenters. The van der Waals surface area contributed by atoms with E-state index in [0.29, 0.717) is 29.1 Å². The number of aryl methyl sites for hydroxylation is 1. The number of benzene rings is 2. The van der Waals surface area contributed by atoms with Crippen molar-refractivity contribution in [2.45, 2.75) is 31.7 Å². The van der Waals surface area contributed by atoms with Gasteiger partial charge in [0.15, 0.2) is 5.58 Å². The molecule has 5 nitrogen and oxygen atoms in total. The molecule has 0 saturated carbocycles. The van der Waals surface area contributed by atoms with E-state index in [0.717, 1.165) is 31.4 Å². The van der Waals surface area contributed by atoms with Gasteiger partial charge in [-0.25, -0.2) is 4.79 Å². The van der Waals surface area contributed by atoms with E-state index in [4.69, 9.17) is 16.0 Å². The summed E-state index contributed by atoms with van der Waals surface area (Å²) in [6, 6.07) is 15.1. The molecule has 2 aromatic carbocycles. The van der Waals surface area contributed by atoms with E-state index < -0.39 is 5.76 Å². The van der Waals surface area contributed by atoms with Crippen LogP contribution in [0.2, 0.25) is 5.02 Å². The number of hydrogen-bond acceptors (Lipinski definition) is 3. The van der Waals surface area contributed by atoms with Crippen LogP contribution in [0.5, 0.6) is 0 Å². The Balaban J connectivity index is 1.50. The van der Waals surface area contributed by atoms with Crippen LogP contribution in [-0.2, 0) is 11.2 Å². The van der Waals surface area contributed by atoms with E-state index in [9.17, 15) is 9.59 Å².